The highest BCUT2D eigenvalue weighted by atomic mass is 13.8. The van der Waals surface area contributed by atoms with Gasteiger partial charge in [-0.2, -0.15) is 0 Å². The van der Waals surface area contributed by atoms with E-state index in [1.54, 1.807) is 0 Å². The van der Waals surface area contributed by atoms with E-state index in [2.05, 4.69) is 38.2 Å². The highest BCUT2D eigenvalue weighted by molar-refractivity contribution is 4.92. The predicted molar refractivity (Wildman–Crippen MR) is 47.8 cm³/mol. The molecule has 0 heteroatoms. The maximum Gasteiger partial charge on any atom is -0.0169 e. The molecule has 0 N–H and O–H groups in total. The van der Waals surface area contributed by atoms with Crippen molar-refractivity contribution in [2.45, 2.75) is 32.6 Å². The second-order valence-corrected chi connectivity index (χ2v) is 2.23. The van der Waals surface area contributed by atoms with E-state index in [1.165, 1.54) is 0 Å². The van der Waals surface area contributed by atoms with Crippen molar-refractivity contribution in [3.05, 3.63) is 31.2 Å². The molecule has 0 bridgehead atoms. The fraction of sp³-hybridized carbons (Fsp3) is 0.500. The number of hydrogen-bond acceptors (Lipinski definition) is 0. The van der Waals surface area contributed by atoms with Crippen LogP contribution in [0.2, 0.25) is 0 Å². The van der Waals surface area contributed by atoms with Crippen molar-refractivity contribution in [3.8, 4) is 0 Å². The first-order chi connectivity index (χ1) is 4.91. The quantitative estimate of drug-likeness (QED) is 0.509. The van der Waals surface area contributed by atoms with Gasteiger partial charge < -0.3 is 0 Å². The molecule has 0 atom stereocenters. The van der Waals surface area contributed by atoms with Crippen LogP contribution in [0, 0.1) is 6.92 Å². The maximum absolute atomic E-state index is 3.75. The van der Waals surface area contributed by atoms with E-state index in [0.717, 1.165) is 25.7 Å². The van der Waals surface area contributed by atoms with Crippen molar-refractivity contribution in [1.29, 1.82) is 0 Å². The van der Waals surface area contributed by atoms with Crippen LogP contribution in [0.15, 0.2) is 24.3 Å². The fourth-order valence-electron chi connectivity index (χ4n) is 0.673. The minimum Gasteiger partial charge on any atom is -0.0885 e. The van der Waals surface area contributed by atoms with E-state index in [0.29, 0.717) is 0 Å². The van der Waals surface area contributed by atoms with Gasteiger partial charge in [0, 0.05) is 0 Å². The Morgan fingerprint density at radius 2 is 1.80 bits per heavy atom. The molecule has 0 heterocycles. The van der Waals surface area contributed by atoms with Gasteiger partial charge in [-0.25, -0.2) is 0 Å². The van der Waals surface area contributed by atoms with Crippen LogP contribution in [0.5, 0.6) is 0 Å². The minimum atomic E-state index is 1.01. The molecule has 1 radical (unpaired) electrons. The molecule has 0 aliphatic rings. The van der Waals surface area contributed by atoms with Crippen LogP contribution in [0.1, 0.15) is 32.6 Å². The molecular weight excluding hydrogens is 120 g/mol. The van der Waals surface area contributed by atoms with Gasteiger partial charge in [-0.3, -0.25) is 0 Å². The van der Waals surface area contributed by atoms with Crippen molar-refractivity contribution < 1.29 is 0 Å². The molecule has 0 spiro atoms. The Kier molecular flexibility index (Phi) is 8.04. The van der Waals surface area contributed by atoms with Crippen LogP contribution < -0.4 is 0 Å². The molecule has 0 amide bonds. The van der Waals surface area contributed by atoms with Crippen LogP contribution in [0.4, 0.5) is 0 Å². The Hall–Kier alpha value is -0.520. The number of hydrogen-bond donors (Lipinski definition) is 0. The van der Waals surface area contributed by atoms with Crippen LogP contribution >= 0.6 is 0 Å². The van der Waals surface area contributed by atoms with Gasteiger partial charge in [-0.1, -0.05) is 38.2 Å². The molecule has 0 unspecified atom stereocenters. The summed E-state index contributed by atoms with van der Waals surface area (Å²) < 4.78 is 0. The standard InChI is InChI=1S/C10H17/c1-3-5-7-9-10-8-6-4-2/h6-9H,1,3-5,10H2,2H3/b8-6-,9-7-. The molecule has 0 saturated carbocycles. The monoisotopic (exact) mass is 137 g/mol. The molecule has 0 fully saturated rings. The first-order valence-electron chi connectivity index (χ1n) is 4.01. The van der Waals surface area contributed by atoms with E-state index in [9.17, 15) is 0 Å². The third-order valence-electron chi connectivity index (χ3n) is 1.21. The highest BCUT2D eigenvalue weighted by Gasteiger charge is 1.71. The van der Waals surface area contributed by atoms with E-state index < -0.39 is 0 Å². The van der Waals surface area contributed by atoms with E-state index in [-0.39, 0.29) is 0 Å². The lowest BCUT2D eigenvalue weighted by Crippen LogP contribution is -1.62. The summed E-state index contributed by atoms with van der Waals surface area (Å²) in [6, 6.07) is 0. The Morgan fingerprint density at radius 3 is 2.40 bits per heavy atom. The van der Waals surface area contributed by atoms with Gasteiger partial charge in [0.15, 0.2) is 0 Å². The Labute approximate surface area is 64.6 Å². The molecule has 0 aromatic heterocycles. The molecule has 0 saturated heterocycles. The van der Waals surface area contributed by atoms with Gasteiger partial charge >= 0.3 is 0 Å². The zero-order valence-electron chi connectivity index (χ0n) is 6.84. The summed E-state index contributed by atoms with van der Waals surface area (Å²) >= 11 is 0. The van der Waals surface area contributed by atoms with Crippen LogP contribution in [0.25, 0.3) is 0 Å². The Balaban J connectivity index is 3.09. The van der Waals surface area contributed by atoms with E-state index in [1.807, 2.05) is 0 Å². The molecule has 0 aromatic carbocycles. The lowest BCUT2D eigenvalue weighted by atomic mass is 10.2. The lowest BCUT2D eigenvalue weighted by molar-refractivity contribution is 1.04. The first-order valence-corrected chi connectivity index (χ1v) is 4.01. The van der Waals surface area contributed by atoms with Crippen molar-refractivity contribution >= 4 is 0 Å². The lowest BCUT2D eigenvalue weighted by Gasteiger charge is -1.82. The van der Waals surface area contributed by atoms with Crippen molar-refractivity contribution in [2.75, 3.05) is 0 Å². The summed E-state index contributed by atoms with van der Waals surface area (Å²) in [4.78, 5) is 0. The molecular formula is C10H17. The molecule has 0 rings (SSSR count). The zero-order valence-corrected chi connectivity index (χ0v) is 6.84. The van der Waals surface area contributed by atoms with Crippen LogP contribution in [-0.2, 0) is 0 Å². The third kappa shape index (κ3) is 7.48. The fourth-order valence-corrected chi connectivity index (χ4v) is 0.673. The zero-order chi connectivity index (χ0) is 7.66. The number of unbranched alkanes of at least 4 members (excludes halogenated alkanes) is 1. The third-order valence-corrected chi connectivity index (χ3v) is 1.21. The smallest absolute Gasteiger partial charge is 0.0169 e. The van der Waals surface area contributed by atoms with Gasteiger partial charge in [0.2, 0.25) is 0 Å². The summed E-state index contributed by atoms with van der Waals surface area (Å²) in [7, 11) is 0. The summed E-state index contributed by atoms with van der Waals surface area (Å²) in [6.07, 6.45) is 13.1. The summed E-state index contributed by atoms with van der Waals surface area (Å²) in [5.41, 5.74) is 0. The molecule has 10 heavy (non-hydrogen) atoms. The first kappa shape index (κ1) is 9.48. The molecule has 57 valence electrons. The maximum atomic E-state index is 3.75. The average molecular weight is 137 g/mol. The van der Waals surface area contributed by atoms with Crippen molar-refractivity contribution in [1.82, 2.24) is 0 Å². The van der Waals surface area contributed by atoms with Gasteiger partial charge in [0.1, 0.15) is 0 Å². The summed E-state index contributed by atoms with van der Waals surface area (Å²) in [5.74, 6) is 0. The van der Waals surface area contributed by atoms with Crippen LogP contribution in [0.3, 0.4) is 0 Å². The molecule has 0 nitrogen and oxygen atoms in total. The second kappa shape index (κ2) is 8.48. The van der Waals surface area contributed by atoms with Gasteiger partial charge in [0.25, 0.3) is 0 Å². The molecule has 0 aliphatic carbocycles. The molecule has 0 aliphatic heterocycles. The highest BCUT2D eigenvalue weighted by Crippen LogP contribution is 1.92. The number of rotatable bonds is 5. The van der Waals surface area contributed by atoms with Gasteiger partial charge in [-0.05, 0) is 25.7 Å². The normalized spacial score (nSPS) is 11.8. The second-order valence-electron chi connectivity index (χ2n) is 2.23. The summed E-state index contributed by atoms with van der Waals surface area (Å²) in [6.45, 7) is 5.90. The summed E-state index contributed by atoms with van der Waals surface area (Å²) in [5, 5.41) is 0. The van der Waals surface area contributed by atoms with E-state index >= 15 is 0 Å². The Morgan fingerprint density at radius 1 is 1.10 bits per heavy atom. The van der Waals surface area contributed by atoms with Crippen molar-refractivity contribution in [2.24, 2.45) is 0 Å². The van der Waals surface area contributed by atoms with Gasteiger partial charge in [-0.15, -0.1) is 0 Å². The predicted octanol–water partition coefficient (Wildman–Crippen LogP) is 3.51. The molecule has 0 aromatic rings. The average Bonchev–Trinajstić information content (AvgIpc) is 1.97. The minimum absolute atomic E-state index is 1.01. The SMILES string of the molecule is [CH2]CC/C=C\C/C=C\CC. The van der Waals surface area contributed by atoms with Crippen molar-refractivity contribution in [3.63, 3.8) is 0 Å². The largest absolute Gasteiger partial charge is 0.0885 e. The number of allylic oxidation sites excluding steroid dienone is 4. The topological polar surface area (TPSA) is 0 Å². The van der Waals surface area contributed by atoms with E-state index in [4.69, 9.17) is 0 Å². The van der Waals surface area contributed by atoms with Gasteiger partial charge in [0.05, 0.1) is 0 Å². The van der Waals surface area contributed by atoms with Crippen LogP contribution in [-0.4, -0.2) is 0 Å². The Bertz CT molecular complexity index is 98.6.